The van der Waals surface area contributed by atoms with Crippen molar-refractivity contribution >= 4 is 40.3 Å². The number of amides is 1. The van der Waals surface area contributed by atoms with Gasteiger partial charge in [-0.15, -0.1) is 0 Å². The second-order valence-corrected chi connectivity index (χ2v) is 4.65. The van der Waals surface area contributed by atoms with Gasteiger partial charge < -0.3 is 5.11 Å². The zero-order valence-corrected chi connectivity index (χ0v) is 9.96. The number of benzene rings is 1. The maximum Gasteiger partial charge on any atom is 0.329 e. The molecule has 6 heteroatoms. The fraction of sp³-hybridized carbons (Fsp3) is 0. The summed E-state index contributed by atoms with van der Waals surface area (Å²) < 4.78 is 0. The molecule has 0 atom stereocenters. The van der Waals surface area contributed by atoms with Crippen molar-refractivity contribution in [2.75, 3.05) is 0 Å². The molecule has 1 aromatic carbocycles. The van der Waals surface area contributed by atoms with Gasteiger partial charge in [-0.1, -0.05) is 35.5 Å². The van der Waals surface area contributed by atoms with E-state index in [-0.39, 0.29) is 4.91 Å². The minimum atomic E-state index is -1.16. The normalized spacial score (nSPS) is 17.4. The van der Waals surface area contributed by atoms with E-state index in [0.717, 1.165) is 17.8 Å². The van der Waals surface area contributed by atoms with Crippen molar-refractivity contribution in [3.8, 4) is 0 Å². The van der Waals surface area contributed by atoms with Gasteiger partial charge in [0.1, 0.15) is 5.04 Å². The van der Waals surface area contributed by atoms with Crippen LogP contribution < -0.4 is 0 Å². The highest BCUT2D eigenvalue weighted by Crippen LogP contribution is 2.30. The first kappa shape index (κ1) is 11.9. The quantitative estimate of drug-likeness (QED) is 0.835. The lowest BCUT2D eigenvalue weighted by molar-refractivity contribution is -0.131. The van der Waals surface area contributed by atoms with Gasteiger partial charge in [0.2, 0.25) is 0 Å². The molecule has 1 aliphatic heterocycles. The molecule has 0 aliphatic carbocycles. The van der Waals surface area contributed by atoms with Gasteiger partial charge in [-0.25, -0.2) is 9.79 Å². The molecule has 0 saturated carbocycles. The van der Waals surface area contributed by atoms with E-state index < -0.39 is 11.9 Å². The lowest BCUT2D eigenvalue weighted by Crippen LogP contribution is -1.94. The number of nitrogens with zero attached hydrogens (tertiary/aromatic N) is 1. The van der Waals surface area contributed by atoms with Crippen molar-refractivity contribution in [1.82, 2.24) is 0 Å². The Morgan fingerprint density at radius 2 is 2.24 bits per heavy atom. The molecule has 1 heterocycles. The fourth-order valence-electron chi connectivity index (χ4n) is 1.27. The predicted molar refractivity (Wildman–Crippen MR) is 66.3 cm³/mol. The molecule has 0 spiro atoms. The highest BCUT2D eigenvalue weighted by Gasteiger charge is 2.23. The smallest absolute Gasteiger partial charge is 0.329 e. The molecule has 0 fully saturated rings. The van der Waals surface area contributed by atoms with E-state index in [1.165, 1.54) is 0 Å². The third-order valence-electron chi connectivity index (χ3n) is 1.95. The summed E-state index contributed by atoms with van der Waals surface area (Å²) in [5, 5.41) is 9.58. The van der Waals surface area contributed by atoms with Crippen molar-refractivity contribution in [1.29, 1.82) is 0 Å². The minimum absolute atomic E-state index is 0.104. The first-order valence-electron chi connectivity index (χ1n) is 4.58. The maximum absolute atomic E-state index is 11.4. The SMILES string of the molecule is O=C(O)/C=C1/SC(c2cccc(Cl)c2)=NC1=O. The Balaban J connectivity index is 2.30. The van der Waals surface area contributed by atoms with Gasteiger partial charge in [-0.2, -0.15) is 0 Å². The predicted octanol–water partition coefficient (Wildman–Crippen LogP) is 2.33. The Hall–Kier alpha value is -1.59. The zero-order valence-electron chi connectivity index (χ0n) is 8.38. The summed E-state index contributed by atoms with van der Waals surface area (Å²) in [6.45, 7) is 0. The molecular formula is C11H6ClNO3S. The second-order valence-electron chi connectivity index (χ2n) is 3.18. The largest absolute Gasteiger partial charge is 0.478 e. The number of aliphatic carboxylic acids is 1. The molecular weight excluding hydrogens is 262 g/mol. The summed E-state index contributed by atoms with van der Waals surface area (Å²) >= 11 is 6.85. The Morgan fingerprint density at radius 3 is 2.88 bits per heavy atom. The number of halogens is 1. The molecule has 86 valence electrons. The Bertz CT molecular complexity index is 566. The van der Waals surface area contributed by atoms with E-state index in [2.05, 4.69) is 4.99 Å². The number of hydrogen-bond donors (Lipinski definition) is 1. The van der Waals surface area contributed by atoms with Crippen LogP contribution in [-0.2, 0) is 9.59 Å². The summed E-state index contributed by atoms with van der Waals surface area (Å²) in [5.74, 6) is -1.70. The molecule has 1 aliphatic rings. The maximum atomic E-state index is 11.4. The van der Waals surface area contributed by atoms with Crippen LogP contribution >= 0.6 is 23.4 Å². The number of thioether (sulfide) groups is 1. The average Bonchev–Trinajstić information content (AvgIpc) is 2.59. The van der Waals surface area contributed by atoms with E-state index in [0.29, 0.717) is 15.6 Å². The van der Waals surface area contributed by atoms with Gasteiger partial charge in [0, 0.05) is 16.7 Å². The molecule has 1 N–H and O–H groups in total. The zero-order chi connectivity index (χ0) is 12.4. The van der Waals surface area contributed by atoms with Crippen molar-refractivity contribution in [2.24, 2.45) is 4.99 Å². The van der Waals surface area contributed by atoms with Gasteiger partial charge in [0.05, 0.1) is 4.91 Å². The van der Waals surface area contributed by atoms with E-state index >= 15 is 0 Å². The fourth-order valence-corrected chi connectivity index (χ4v) is 2.33. The first-order valence-corrected chi connectivity index (χ1v) is 5.77. The summed E-state index contributed by atoms with van der Waals surface area (Å²) in [4.78, 5) is 25.8. The van der Waals surface area contributed by atoms with E-state index in [1.54, 1.807) is 24.3 Å². The van der Waals surface area contributed by atoms with Gasteiger partial charge in [-0.05, 0) is 12.1 Å². The van der Waals surface area contributed by atoms with Crippen molar-refractivity contribution in [2.45, 2.75) is 0 Å². The number of carbonyl (C=O) groups excluding carboxylic acids is 1. The molecule has 0 saturated heterocycles. The van der Waals surface area contributed by atoms with Crippen molar-refractivity contribution < 1.29 is 14.7 Å². The Labute approximate surface area is 106 Å². The van der Waals surface area contributed by atoms with Gasteiger partial charge in [0.15, 0.2) is 0 Å². The average molecular weight is 268 g/mol. The van der Waals surface area contributed by atoms with Crippen LogP contribution in [0.2, 0.25) is 5.02 Å². The number of aliphatic imine (C=N–C) groups is 1. The van der Waals surface area contributed by atoms with Crippen LogP contribution in [0.25, 0.3) is 0 Å². The molecule has 0 radical (unpaired) electrons. The third-order valence-corrected chi connectivity index (χ3v) is 3.21. The topological polar surface area (TPSA) is 66.7 Å². The molecule has 0 bridgehead atoms. The van der Waals surface area contributed by atoms with Crippen LogP contribution in [0.15, 0.2) is 40.2 Å². The molecule has 0 aromatic heterocycles. The number of hydrogen-bond acceptors (Lipinski definition) is 3. The monoisotopic (exact) mass is 267 g/mol. The minimum Gasteiger partial charge on any atom is -0.478 e. The van der Waals surface area contributed by atoms with Crippen LogP contribution in [0.4, 0.5) is 0 Å². The van der Waals surface area contributed by atoms with Crippen LogP contribution in [-0.4, -0.2) is 22.0 Å². The van der Waals surface area contributed by atoms with Crippen molar-refractivity contribution in [3.05, 3.63) is 45.8 Å². The van der Waals surface area contributed by atoms with Gasteiger partial charge in [0.25, 0.3) is 5.91 Å². The molecule has 1 aromatic rings. The Kier molecular flexibility index (Phi) is 3.31. The van der Waals surface area contributed by atoms with Crippen LogP contribution in [0.1, 0.15) is 5.56 Å². The summed E-state index contributed by atoms with van der Waals surface area (Å²) in [7, 11) is 0. The van der Waals surface area contributed by atoms with Gasteiger partial charge in [-0.3, -0.25) is 4.79 Å². The molecule has 0 unspecified atom stereocenters. The second kappa shape index (κ2) is 4.73. The highest BCUT2D eigenvalue weighted by molar-refractivity contribution is 8.19. The van der Waals surface area contributed by atoms with E-state index in [9.17, 15) is 9.59 Å². The van der Waals surface area contributed by atoms with Crippen molar-refractivity contribution in [3.63, 3.8) is 0 Å². The highest BCUT2D eigenvalue weighted by atomic mass is 35.5. The van der Waals surface area contributed by atoms with Crippen LogP contribution in [0.5, 0.6) is 0 Å². The lowest BCUT2D eigenvalue weighted by atomic mass is 10.2. The lowest BCUT2D eigenvalue weighted by Gasteiger charge is -1.98. The summed E-state index contributed by atoms with van der Waals surface area (Å²) in [5.41, 5.74) is 0.699. The number of carbonyl (C=O) groups is 2. The molecule has 2 rings (SSSR count). The number of rotatable bonds is 2. The van der Waals surface area contributed by atoms with Crippen LogP contribution in [0, 0.1) is 0 Å². The number of carboxylic acid groups (broad SMARTS) is 1. The van der Waals surface area contributed by atoms with E-state index in [1.807, 2.05) is 0 Å². The van der Waals surface area contributed by atoms with E-state index in [4.69, 9.17) is 16.7 Å². The number of carboxylic acids is 1. The third kappa shape index (κ3) is 2.75. The molecule has 1 amide bonds. The molecule has 17 heavy (non-hydrogen) atoms. The Morgan fingerprint density at radius 1 is 1.47 bits per heavy atom. The van der Waals surface area contributed by atoms with Crippen LogP contribution in [0.3, 0.4) is 0 Å². The summed E-state index contributed by atoms with van der Waals surface area (Å²) in [6.07, 6.45) is 0.855. The molecule has 4 nitrogen and oxygen atoms in total. The van der Waals surface area contributed by atoms with Gasteiger partial charge >= 0.3 is 5.97 Å². The first-order chi connectivity index (χ1) is 8.06. The standard InChI is InChI=1S/C11H6ClNO3S/c12-7-3-1-2-6(4-7)11-13-10(16)8(17-11)5-9(14)15/h1-5H,(H,14,15)/b8-5+. The summed E-state index contributed by atoms with van der Waals surface area (Å²) in [6, 6.07) is 6.88.